The van der Waals surface area contributed by atoms with Crippen molar-refractivity contribution >= 4 is 65.4 Å². The van der Waals surface area contributed by atoms with Gasteiger partial charge in [-0.3, -0.25) is 18.9 Å². The van der Waals surface area contributed by atoms with E-state index in [-0.39, 0.29) is 88.8 Å². The molecular formula is C46H83N6O14PS2. The van der Waals surface area contributed by atoms with Crippen molar-refractivity contribution in [2.75, 3.05) is 110 Å². The number of ether oxygens (including phenoxy) is 5. The van der Waals surface area contributed by atoms with E-state index in [9.17, 15) is 38.2 Å². The van der Waals surface area contributed by atoms with Crippen LogP contribution >= 0.6 is 29.3 Å². The molecule has 0 aromatic heterocycles. The van der Waals surface area contributed by atoms with Gasteiger partial charge in [0.25, 0.3) is 5.91 Å². The Labute approximate surface area is 418 Å². The first-order chi connectivity index (χ1) is 32.5. The molecule has 2 heterocycles. The minimum absolute atomic E-state index is 0.0381. The third-order valence-electron chi connectivity index (χ3n) is 11.9. The lowest BCUT2D eigenvalue weighted by molar-refractivity contribution is -0.165. The molecule has 3 rings (SSSR count). The molecule has 1 aliphatic carbocycles. The van der Waals surface area contributed by atoms with Gasteiger partial charge in [-0.1, -0.05) is 68.0 Å². The molecule has 69 heavy (non-hydrogen) atoms. The minimum Gasteiger partial charge on any atom is -0.460 e. The second-order valence-electron chi connectivity index (χ2n) is 20.1. The van der Waals surface area contributed by atoms with E-state index in [1.54, 1.807) is 49.3 Å². The van der Waals surface area contributed by atoms with Crippen LogP contribution in [0.4, 0.5) is 14.4 Å². The fraction of sp³-hybridized carbons (Fsp3) is 0.870. The number of nitrogens with zero attached hydrogens (tertiary/aromatic N) is 4. The predicted octanol–water partition coefficient (Wildman–Crippen LogP) is 6.69. The first kappa shape index (κ1) is 60.3. The third kappa shape index (κ3) is 24.3. The molecule has 0 aromatic rings. The Bertz CT molecular complexity index is 1670. The molecule has 23 heteroatoms. The summed E-state index contributed by atoms with van der Waals surface area (Å²) in [5.74, 6) is 0.783. The third-order valence-corrected chi connectivity index (χ3v) is 15.8. The highest BCUT2D eigenvalue weighted by atomic mass is 33.1. The Morgan fingerprint density at radius 1 is 0.681 bits per heavy atom. The van der Waals surface area contributed by atoms with E-state index in [2.05, 4.69) is 10.6 Å². The summed E-state index contributed by atoms with van der Waals surface area (Å²) < 4.78 is 47.0. The standard InChI is InChI=1S/C46H83N6O14PS2/c1-9-61-41(56)47-33-36-14-12-10-11-13-15-37(32-36)34-48-42(57)62-28-30-68-69-31-29-63-43(58)51-21-19-49(20-22-51)38(53)16-17-39(54)66-45(5,6)18-27-64-46(7,8)40(55)50-23-25-52(26-24-50)67(59,60)65-35-44(2,3)4/h36-37H,9-35H2,1-8H3,(H,47,56)(H,48,57)(H,59,60). The van der Waals surface area contributed by atoms with Gasteiger partial charge in [0, 0.05) is 89.8 Å². The average Bonchev–Trinajstić information content (AvgIpc) is 3.41. The lowest BCUT2D eigenvalue weighted by atomic mass is 9.89. The highest BCUT2D eigenvalue weighted by Gasteiger charge is 2.39. The van der Waals surface area contributed by atoms with E-state index in [4.69, 9.17) is 28.2 Å². The summed E-state index contributed by atoms with van der Waals surface area (Å²) in [6, 6.07) is 0. The van der Waals surface area contributed by atoms with Crippen LogP contribution in [0.15, 0.2) is 0 Å². The highest BCUT2D eigenvalue weighted by molar-refractivity contribution is 8.76. The second kappa shape index (κ2) is 30.1. The molecule has 20 nitrogen and oxygen atoms in total. The number of piperazine rings is 2. The van der Waals surface area contributed by atoms with Crippen LogP contribution in [0.25, 0.3) is 0 Å². The van der Waals surface area contributed by atoms with Gasteiger partial charge in [0.05, 0.1) is 26.2 Å². The van der Waals surface area contributed by atoms with Crippen molar-refractivity contribution < 1.29 is 66.4 Å². The first-order valence-electron chi connectivity index (χ1n) is 24.6. The summed E-state index contributed by atoms with van der Waals surface area (Å²) >= 11 is 0. The molecule has 3 aliphatic rings. The zero-order valence-corrected chi connectivity index (χ0v) is 45.1. The highest BCUT2D eigenvalue weighted by Crippen LogP contribution is 2.48. The summed E-state index contributed by atoms with van der Waals surface area (Å²) in [5.41, 5.74) is -2.39. The molecule has 3 atom stereocenters. The van der Waals surface area contributed by atoms with Gasteiger partial charge in [-0.2, -0.15) is 0 Å². The monoisotopic (exact) mass is 1040 g/mol. The summed E-state index contributed by atoms with van der Waals surface area (Å²) in [4.78, 5) is 91.2. The predicted molar refractivity (Wildman–Crippen MR) is 266 cm³/mol. The Morgan fingerprint density at radius 2 is 1.22 bits per heavy atom. The van der Waals surface area contributed by atoms with Crippen molar-refractivity contribution in [2.45, 2.75) is 131 Å². The number of carbonyl (C=O) groups excluding carboxylic acids is 6. The fourth-order valence-electron chi connectivity index (χ4n) is 7.95. The number of esters is 1. The normalized spacial score (nSPS) is 19.8. The van der Waals surface area contributed by atoms with Crippen molar-refractivity contribution in [2.24, 2.45) is 17.3 Å². The largest absolute Gasteiger partial charge is 0.460 e. The molecule has 0 aromatic carbocycles. The lowest BCUT2D eigenvalue weighted by Gasteiger charge is -2.39. The van der Waals surface area contributed by atoms with Gasteiger partial charge in [0.2, 0.25) is 5.91 Å². The molecule has 2 saturated heterocycles. The summed E-state index contributed by atoms with van der Waals surface area (Å²) in [7, 11) is -0.944. The quantitative estimate of drug-likeness (QED) is 0.0300. The van der Waals surface area contributed by atoms with Gasteiger partial charge in [-0.15, -0.1) is 0 Å². The summed E-state index contributed by atoms with van der Waals surface area (Å²) in [5, 5.41) is 5.79. The van der Waals surface area contributed by atoms with Crippen LogP contribution in [-0.2, 0) is 47.2 Å². The van der Waals surface area contributed by atoms with E-state index in [1.165, 1.54) is 39.1 Å². The Kier molecular flexibility index (Phi) is 26.3. The van der Waals surface area contributed by atoms with Crippen LogP contribution in [0.3, 0.4) is 0 Å². The zero-order valence-electron chi connectivity index (χ0n) is 42.6. The van der Waals surface area contributed by atoms with E-state index in [0.29, 0.717) is 75.6 Å². The number of alkyl carbamates (subject to hydrolysis) is 2. The van der Waals surface area contributed by atoms with E-state index < -0.39 is 37.1 Å². The number of carbonyl (C=O) groups is 6. The number of rotatable bonds is 24. The maximum absolute atomic E-state index is 13.3. The van der Waals surface area contributed by atoms with Gasteiger partial charge in [-0.05, 0) is 71.1 Å². The molecule has 0 bridgehead atoms. The molecule has 3 unspecified atom stereocenters. The van der Waals surface area contributed by atoms with Gasteiger partial charge < -0.3 is 53.9 Å². The summed E-state index contributed by atoms with van der Waals surface area (Å²) in [6.07, 6.45) is 6.44. The maximum Gasteiger partial charge on any atom is 0.409 e. The van der Waals surface area contributed by atoms with Crippen molar-refractivity contribution in [3.63, 3.8) is 0 Å². The molecule has 0 spiro atoms. The van der Waals surface area contributed by atoms with Crippen molar-refractivity contribution in [1.29, 1.82) is 0 Å². The van der Waals surface area contributed by atoms with Crippen LogP contribution in [-0.4, -0.2) is 182 Å². The molecule has 398 valence electrons. The molecule has 1 saturated carbocycles. The Balaban J connectivity index is 1.21. The second-order valence-corrected chi connectivity index (χ2v) is 24.6. The van der Waals surface area contributed by atoms with Gasteiger partial charge in [-0.25, -0.2) is 23.6 Å². The Hall–Kier alpha value is -3.01. The van der Waals surface area contributed by atoms with Crippen molar-refractivity contribution in [1.82, 2.24) is 30.0 Å². The summed E-state index contributed by atoms with van der Waals surface area (Å²) in [6.45, 7) is 18.6. The number of hydrogen-bond donors (Lipinski definition) is 3. The smallest absolute Gasteiger partial charge is 0.409 e. The van der Waals surface area contributed by atoms with Gasteiger partial charge >= 0.3 is 32.0 Å². The van der Waals surface area contributed by atoms with Crippen LogP contribution in [0, 0.1) is 17.3 Å². The Morgan fingerprint density at radius 3 is 1.78 bits per heavy atom. The van der Waals surface area contributed by atoms with Crippen molar-refractivity contribution in [3.05, 3.63) is 0 Å². The average molecular weight is 1040 g/mol. The van der Waals surface area contributed by atoms with Crippen molar-refractivity contribution in [3.8, 4) is 0 Å². The van der Waals surface area contributed by atoms with E-state index >= 15 is 0 Å². The SMILES string of the molecule is CCOC(=O)NCC1CCCCCCC(CNC(=O)OCCSSCCOC(=O)N2CCN(C(=O)CCC(=O)OC(C)(C)CCOC(C)(C)C(=O)N3CCN(P(=O)(O)OCC(C)(C)C)CC3)CC2)C1. The van der Waals surface area contributed by atoms with E-state index in [1.807, 2.05) is 20.8 Å². The number of amides is 5. The zero-order chi connectivity index (χ0) is 51.1. The molecular weight excluding hydrogens is 956 g/mol. The number of hydrogen-bond acceptors (Lipinski definition) is 15. The fourth-order valence-corrected chi connectivity index (χ4v) is 11.0. The van der Waals surface area contributed by atoms with Crippen LogP contribution in [0.5, 0.6) is 0 Å². The minimum atomic E-state index is -3.98. The first-order valence-corrected chi connectivity index (χ1v) is 28.6. The van der Waals surface area contributed by atoms with Gasteiger partial charge in [0.1, 0.15) is 24.4 Å². The maximum atomic E-state index is 13.3. The van der Waals surface area contributed by atoms with Crippen LogP contribution < -0.4 is 10.6 Å². The molecule has 0 radical (unpaired) electrons. The number of nitrogens with one attached hydrogen (secondary N) is 2. The molecule has 3 N–H and O–H groups in total. The molecule has 2 aliphatic heterocycles. The lowest BCUT2D eigenvalue weighted by Crippen LogP contribution is -2.54. The molecule has 5 amide bonds. The topological polar surface area (TPSA) is 232 Å². The van der Waals surface area contributed by atoms with E-state index in [0.717, 1.165) is 32.1 Å². The van der Waals surface area contributed by atoms with Crippen LogP contribution in [0.1, 0.15) is 120 Å². The molecule has 3 fully saturated rings. The van der Waals surface area contributed by atoms with Crippen LogP contribution in [0.2, 0.25) is 0 Å². The van der Waals surface area contributed by atoms with Gasteiger partial charge in [0.15, 0.2) is 0 Å².